The molecule has 0 rings (SSSR count). The van der Waals surface area contributed by atoms with Gasteiger partial charge in [-0.2, -0.15) is 0 Å². The molecule has 0 aliphatic carbocycles. The van der Waals surface area contributed by atoms with Gasteiger partial charge in [-0.15, -0.1) is 0 Å². The summed E-state index contributed by atoms with van der Waals surface area (Å²) in [5.41, 5.74) is 0. The molecule has 0 aliphatic rings. The molecule has 0 aromatic carbocycles. The fraction of sp³-hybridized carbons (Fsp3) is 0.826. The minimum Gasteiger partial charge on any atom is -0.462 e. The first-order valence-electron chi connectivity index (χ1n) is 22.3. The van der Waals surface area contributed by atoms with Crippen LogP contribution in [-0.4, -0.2) is 62.5 Å². The Morgan fingerprint density at radius 3 is 1.00 bits per heavy atom. The summed E-state index contributed by atoms with van der Waals surface area (Å²) >= 11 is 0. The molecule has 320 valence electrons. The van der Waals surface area contributed by atoms with Crippen LogP contribution in [0.3, 0.4) is 0 Å². The quantitative estimate of drug-likeness (QED) is 0.0259. The van der Waals surface area contributed by atoms with Crippen molar-refractivity contribution >= 4 is 23.9 Å². The van der Waals surface area contributed by atoms with Gasteiger partial charge in [-0.1, -0.05) is 141 Å². The Morgan fingerprint density at radius 1 is 0.400 bits per heavy atom. The third-order valence-corrected chi connectivity index (χ3v) is 9.42. The number of ether oxygens (including phenoxy) is 5. The lowest BCUT2D eigenvalue weighted by atomic mass is 10.1. The molecule has 0 fully saturated rings. The van der Waals surface area contributed by atoms with Gasteiger partial charge in [0, 0.05) is 26.7 Å². The monoisotopic (exact) mass is 779 g/mol. The molecule has 2 atom stereocenters. The molecule has 9 heteroatoms. The zero-order valence-corrected chi connectivity index (χ0v) is 35.8. The molecule has 9 nitrogen and oxygen atoms in total. The van der Waals surface area contributed by atoms with Crippen molar-refractivity contribution in [3.63, 3.8) is 0 Å². The summed E-state index contributed by atoms with van der Waals surface area (Å²) in [5.74, 6) is -1.73. The predicted molar refractivity (Wildman–Crippen MR) is 223 cm³/mol. The van der Waals surface area contributed by atoms with E-state index in [1.165, 1.54) is 117 Å². The first kappa shape index (κ1) is 52.3. The van der Waals surface area contributed by atoms with Gasteiger partial charge >= 0.3 is 23.9 Å². The van der Waals surface area contributed by atoms with Crippen molar-refractivity contribution in [3.05, 3.63) is 24.3 Å². The van der Waals surface area contributed by atoms with Crippen LogP contribution in [0.4, 0.5) is 0 Å². The summed E-state index contributed by atoms with van der Waals surface area (Å²) in [6.45, 7) is 6.64. The van der Waals surface area contributed by atoms with E-state index in [1.54, 1.807) is 0 Å². The molecule has 0 aromatic rings. The first-order chi connectivity index (χ1) is 26.8. The predicted octanol–water partition coefficient (Wildman–Crippen LogP) is 12.0. The highest BCUT2D eigenvalue weighted by molar-refractivity contribution is 5.70. The molecule has 0 aromatic heterocycles. The van der Waals surface area contributed by atoms with E-state index >= 15 is 0 Å². The van der Waals surface area contributed by atoms with E-state index in [0.717, 1.165) is 64.2 Å². The van der Waals surface area contributed by atoms with Crippen molar-refractivity contribution in [1.82, 2.24) is 0 Å². The van der Waals surface area contributed by atoms with Gasteiger partial charge < -0.3 is 23.7 Å². The maximum Gasteiger partial charge on any atom is 0.305 e. The summed E-state index contributed by atoms with van der Waals surface area (Å²) in [6.07, 6.45) is 39.1. The highest BCUT2D eigenvalue weighted by Crippen LogP contribution is 2.13. The molecular formula is C46H82O9. The lowest BCUT2D eigenvalue weighted by Gasteiger charge is -2.20. The average molecular weight is 779 g/mol. The number of rotatable bonds is 40. The minimum absolute atomic E-state index is 0.0686. The SMILES string of the molecule is CCCCCCCCC=CCCCCCCCC(=O)OC[C@H](COC[C@@H](COC(=O)CCCCCCCC=CCCCCCCCC)OC(C)=O)OC(C)=O. The van der Waals surface area contributed by atoms with Crippen molar-refractivity contribution < 1.29 is 42.9 Å². The molecule has 0 spiro atoms. The number of hydrogen-bond acceptors (Lipinski definition) is 9. The van der Waals surface area contributed by atoms with Crippen molar-refractivity contribution in [1.29, 1.82) is 0 Å². The highest BCUT2D eigenvalue weighted by atomic mass is 16.6. The number of carbonyl (C=O) groups is 4. The second-order valence-corrected chi connectivity index (χ2v) is 15.0. The maximum absolute atomic E-state index is 12.3. The van der Waals surface area contributed by atoms with Crippen LogP contribution >= 0.6 is 0 Å². The molecule has 55 heavy (non-hydrogen) atoms. The molecule has 0 saturated carbocycles. The van der Waals surface area contributed by atoms with Gasteiger partial charge in [-0.3, -0.25) is 19.2 Å². The average Bonchev–Trinajstić information content (AvgIpc) is 3.15. The Hall–Kier alpha value is -2.68. The molecule has 0 unspecified atom stereocenters. The van der Waals surface area contributed by atoms with Crippen molar-refractivity contribution in [3.8, 4) is 0 Å². The van der Waals surface area contributed by atoms with Gasteiger partial charge in [0.15, 0.2) is 12.2 Å². The van der Waals surface area contributed by atoms with Gasteiger partial charge in [0.25, 0.3) is 0 Å². The van der Waals surface area contributed by atoms with Crippen LogP contribution in [0.1, 0.15) is 207 Å². The van der Waals surface area contributed by atoms with E-state index in [9.17, 15) is 19.2 Å². The Balaban J connectivity index is 4.10. The zero-order chi connectivity index (χ0) is 40.5. The summed E-state index contributed by atoms with van der Waals surface area (Å²) < 4.78 is 26.9. The Bertz CT molecular complexity index is 900. The fourth-order valence-electron chi connectivity index (χ4n) is 6.23. The maximum atomic E-state index is 12.3. The summed E-state index contributed by atoms with van der Waals surface area (Å²) in [7, 11) is 0. The van der Waals surface area contributed by atoms with Crippen molar-refractivity contribution in [2.75, 3.05) is 26.4 Å². The summed E-state index contributed by atoms with van der Waals surface area (Å²) in [4.78, 5) is 47.9. The van der Waals surface area contributed by atoms with Crippen LogP contribution in [0.2, 0.25) is 0 Å². The van der Waals surface area contributed by atoms with Crippen molar-refractivity contribution in [2.45, 2.75) is 220 Å². The number of allylic oxidation sites excluding steroid dienone is 4. The van der Waals surface area contributed by atoms with E-state index in [0.29, 0.717) is 12.8 Å². The van der Waals surface area contributed by atoms with E-state index in [1.807, 2.05) is 0 Å². The summed E-state index contributed by atoms with van der Waals surface area (Å²) in [6, 6.07) is 0. The molecule has 0 heterocycles. The van der Waals surface area contributed by atoms with Gasteiger partial charge in [-0.25, -0.2) is 0 Å². The topological polar surface area (TPSA) is 114 Å². The second-order valence-electron chi connectivity index (χ2n) is 15.0. The Labute approximate surface area is 336 Å². The molecule has 0 aliphatic heterocycles. The lowest BCUT2D eigenvalue weighted by molar-refractivity contribution is -0.167. The Morgan fingerprint density at radius 2 is 0.691 bits per heavy atom. The molecule has 0 radical (unpaired) electrons. The molecule has 0 N–H and O–H groups in total. The van der Waals surface area contributed by atoms with Crippen LogP contribution in [0, 0.1) is 0 Å². The smallest absolute Gasteiger partial charge is 0.305 e. The molecule has 0 amide bonds. The van der Waals surface area contributed by atoms with Gasteiger partial charge in [-0.05, 0) is 64.2 Å². The second kappa shape index (κ2) is 41.0. The molecule has 0 saturated heterocycles. The fourth-order valence-corrected chi connectivity index (χ4v) is 6.23. The number of esters is 4. The van der Waals surface area contributed by atoms with Gasteiger partial charge in [0.2, 0.25) is 0 Å². The lowest BCUT2D eigenvalue weighted by Crippen LogP contribution is -2.33. The van der Waals surface area contributed by atoms with Crippen LogP contribution in [0.25, 0.3) is 0 Å². The third-order valence-electron chi connectivity index (χ3n) is 9.42. The number of unbranched alkanes of at least 4 members (excludes halogenated alkanes) is 22. The van der Waals surface area contributed by atoms with Crippen LogP contribution in [-0.2, 0) is 42.9 Å². The standard InChI is InChI=1S/C46H82O9/c1-5-7-9-11-13-15-17-19-21-23-25-27-29-31-33-35-45(49)52-39-43(54-41(3)47)37-51-38-44(55-42(4)48)40-53-46(50)36-34-32-30-28-26-24-22-20-18-16-14-12-10-8-6-2/h19-22,43-44H,5-18,23-40H2,1-4H3/t43-,44-/m0/s1. The Kier molecular flexibility index (Phi) is 39.0. The molecular weight excluding hydrogens is 696 g/mol. The van der Waals surface area contributed by atoms with E-state index in [4.69, 9.17) is 23.7 Å². The van der Waals surface area contributed by atoms with E-state index in [2.05, 4.69) is 38.2 Å². The largest absolute Gasteiger partial charge is 0.462 e. The highest BCUT2D eigenvalue weighted by Gasteiger charge is 2.20. The van der Waals surface area contributed by atoms with Gasteiger partial charge in [0.05, 0.1) is 13.2 Å². The number of carbonyl (C=O) groups excluding carboxylic acids is 4. The van der Waals surface area contributed by atoms with Gasteiger partial charge in [0.1, 0.15) is 13.2 Å². The van der Waals surface area contributed by atoms with Crippen LogP contribution in [0.15, 0.2) is 24.3 Å². The summed E-state index contributed by atoms with van der Waals surface area (Å²) in [5, 5.41) is 0. The van der Waals surface area contributed by atoms with E-state index in [-0.39, 0.29) is 38.4 Å². The first-order valence-corrected chi connectivity index (χ1v) is 22.3. The van der Waals surface area contributed by atoms with Crippen LogP contribution in [0.5, 0.6) is 0 Å². The number of hydrogen-bond donors (Lipinski definition) is 0. The minimum atomic E-state index is -0.808. The van der Waals surface area contributed by atoms with E-state index < -0.39 is 24.1 Å². The third kappa shape index (κ3) is 40.8. The van der Waals surface area contributed by atoms with Crippen molar-refractivity contribution in [2.24, 2.45) is 0 Å². The normalized spacial score (nSPS) is 12.6. The zero-order valence-electron chi connectivity index (χ0n) is 35.8. The molecule has 0 bridgehead atoms. The van der Waals surface area contributed by atoms with Crippen LogP contribution < -0.4 is 0 Å².